The van der Waals surface area contributed by atoms with E-state index < -0.39 is 6.03 Å². The molecule has 0 saturated heterocycles. The number of fused-ring (bicyclic) bond motifs is 1. The molecular weight excluding hydrogens is 334 g/mol. The standard InChI is InChI=1S/C15H12ClN5OS/c1-9-5-6-10(7-11(9)16)8-17-19-15(22)18-12-3-2-4-13-14(12)21-23-20-13/h2-8H,1H3,(H2,18,19,22)/b17-8+. The molecule has 0 aliphatic heterocycles. The first-order valence-corrected chi connectivity index (χ1v) is 7.82. The fourth-order valence-corrected chi connectivity index (χ4v) is 2.65. The van der Waals surface area contributed by atoms with Crippen LogP contribution >= 0.6 is 23.3 Å². The smallest absolute Gasteiger partial charge is 0.304 e. The van der Waals surface area contributed by atoms with Crippen LogP contribution in [0.4, 0.5) is 10.5 Å². The molecule has 0 aliphatic rings. The number of nitrogens with zero attached hydrogens (tertiary/aromatic N) is 3. The van der Waals surface area contributed by atoms with Crippen molar-refractivity contribution < 1.29 is 4.79 Å². The number of benzene rings is 2. The molecule has 2 N–H and O–H groups in total. The van der Waals surface area contributed by atoms with Crippen LogP contribution in [-0.2, 0) is 0 Å². The predicted molar refractivity (Wildman–Crippen MR) is 93.4 cm³/mol. The summed E-state index contributed by atoms with van der Waals surface area (Å²) in [6.07, 6.45) is 1.52. The van der Waals surface area contributed by atoms with Crippen LogP contribution in [0.25, 0.3) is 11.0 Å². The molecule has 8 heteroatoms. The van der Waals surface area contributed by atoms with E-state index in [1.807, 2.05) is 25.1 Å². The molecule has 2 aromatic carbocycles. The van der Waals surface area contributed by atoms with E-state index in [1.54, 1.807) is 18.2 Å². The summed E-state index contributed by atoms with van der Waals surface area (Å²) in [4.78, 5) is 11.9. The number of anilines is 1. The number of hydrazone groups is 1. The van der Waals surface area contributed by atoms with E-state index in [9.17, 15) is 4.79 Å². The third kappa shape index (κ3) is 3.64. The van der Waals surface area contributed by atoms with Gasteiger partial charge in [-0.05, 0) is 36.2 Å². The third-order valence-electron chi connectivity index (χ3n) is 3.11. The first kappa shape index (κ1) is 15.4. The summed E-state index contributed by atoms with van der Waals surface area (Å²) in [7, 11) is 0. The van der Waals surface area contributed by atoms with E-state index in [4.69, 9.17) is 11.6 Å². The second-order valence-corrected chi connectivity index (χ2v) is 5.71. The third-order valence-corrected chi connectivity index (χ3v) is 4.06. The minimum atomic E-state index is -0.458. The molecule has 0 saturated carbocycles. The Hall–Kier alpha value is -2.51. The van der Waals surface area contributed by atoms with E-state index >= 15 is 0 Å². The summed E-state index contributed by atoms with van der Waals surface area (Å²) in [5.41, 5.74) is 6.17. The second kappa shape index (κ2) is 6.72. The zero-order valence-corrected chi connectivity index (χ0v) is 13.6. The summed E-state index contributed by atoms with van der Waals surface area (Å²) in [5.74, 6) is 0. The summed E-state index contributed by atoms with van der Waals surface area (Å²) < 4.78 is 8.27. The van der Waals surface area contributed by atoms with Crippen molar-refractivity contribution in [3.63, 3.8) is 0 Å². The number of hydrogen-bond acceptors (Lipinski definition) is 5. The lowest BCUT2D eigenvalue weighted by molar-refractivity contribution is 0.252. The van der Waals surface area contributed by atoms with Gasteiger partial charge >= 0.3 is 6.03 Å². The maximum atomic E-state index is 11.9. The number of aromatic nitrogens is 2. The quantitative estimate of drug-likeness (QED) is 0.559. The number of aryl methyl sites for hydroxylation is 1. The maximum Gasteiger partial charge on any atom is 0.339 e. The van der Waals surface area contributed by atoms with Crippen molar-refractivity contribution >= 4 is 52.3 Å². The van der Waals surface area contributed by atoms with Gasteiger partial charge in [-0.25, -0.2) is 10.2 Å². The van der Waals surface area contributed by atoms with Crippen molar-refractivity contribution in [1.29, 1.82) is 0 Å². The molecule has 0 aliphatic carbocycles. The Morgan fingerprint density at radius 3 is 3.00 bits per heavy atom. The molecule has 0 unspecified atom stereocenters. The number of nitrogens with one attached hydrogen (secondary N) is 2. The number of carbonyl (C=O) groups excluding carboxylic acids is 1. The number of hydrogen-bond donors (Lipinski definition) is 2. The predicted octanol–water partition coefficient (Wildman–Crippen LogP) is 3.81. The van der Waals surface area contributed by atoms with Gasteiger partial charge in [-0.15, -0.1) is 0 Å². The fourth-order valence-electron chi connectivity index (χ4n) is 1.91. The summed E-state index contributed by atoms with van der Waals surface area (Å²) in [6, 6.07) is 10.5. The highest BCUT2D eigenvalue weighted by molar-refractivity contribution is 7.00. The molecule has 23 heavy (non-hydrogen) atoms. The lowest BCUT2D eigenvalue weighted by Crippen LogP contribution is -2.24. The number of halogens is 1. The van der Waals surface area contributed by atoms with Crippen LogP contribution in [-0.4, -0.2) is 21.0 Å². The largest absolute Gasteiger partial charge is 0.339 e. The molecule has 0 bridgehead atoms. The topological polar surface area (TPSA) is 79.3 Å². The van der Waals surface area contributed by atoms with Crippen molar-refractivity contribution in [2.24, 2.45) is 5.10 Å². The Morgan fingerprint density at radius 1 is 1.30 bits per heavy atom. The summed E-state index contributed by atoms with van der Waals surface area (Å²) in [5, 5.41) is 7.24. The molecule has 116 valence electrons. The van der Waals surface area contributed by atoms with E-state index in [-0.39, 0.29) is 0 Å². The molecule has 2 amide bonds. The van der Waals surface area contributed by atoms with E-state index in [2.05, 4.69) is 24.6 Å². The van der Waals surface area contributed by atoms with Crippen molar-refractivity contribution in [2.75, 3.05) is 5.32 Å². The van der Waals surface area contributed by atoms with Gasteiger partial charge in [0.05, 0.1) is 23.6 Å². The Bertz CT molecular complexity index is 892. The van der Waals surface area contributed by atoms with Gasteiger partial charge < -0.3 is 5.32 Å². The highest BCUT2D eigenvalue weighted by Gasteiger charge is 2.07. The normalized spacial score (nSPS) is 11.0. The second-order valence-electron chi connectivity index (χ2n) is 4.77. The van der Waals surface area contributed by atoms with Gasteiger partial charge in [0.15, 0.2) is 0 Å². The Morgan fingerprint density at radius 2 is 2.17 bits per heavy atom. The van der Waals surface area contributed by atoms with Gasteiger partial charge in [-0.3, -0.25) is 0 Å². The van der Waals surface area contributed by atoms with Crippen molar-refractivity contribution in [1.82, 2.24) is 14.2 Å². The van der Waals surface area contributed by atoms with Crippen LogP contribution in [0.15, 0.2) is 41.5 Å². The molecule has 0 fully saturated rings. The average Bonchev–Trinajstić information content (AvgIpc) is 3.00. The van der Waals surface area contributed by atoms with Gasteiger partial charge in [0.1, 0.15) is 11.0 Å². The van der Waals surface area contributed by atoms with Gasteiger partial charge in [0.2, 0.25) is 0 Å². The fraction of sp³-hybridized carbons (Fsp3) is 0.0667. The molecule has 1 aromatic heterocycles. The molecule has 1 heterocycles. The van der Waals surface area contributed by atoms with E-state index in [0.717, 1.165) is 28.4 Å². The van der Waals surface area contributed by atoms with Crippen molar-refractivity contribution in [2.45, 2.75) is 6.92 Å². The SMILES string of the molecule is Cc1ccc(/C=N/NC(=O)Nc2cccc3nsnc23)cc1Cl. The molecular formula is C15H12ClN5OS. The van der Waals surface area contributed by atoms with Gasteiger partial charge in [0, 0.05) is 5.02 Å². The number of amides is 2. The zero-order chi connectivity index (χ0) is 16.2. The van der Waals surface area contributed by atoms with Crippen LogP contribution < -0.4 is 10.7 Å². The monoisotopic (exact) mass is 345 g/mol. The molecule has 0 spiro atoms. The molecule has 0 atom stereocenters. The lowest BCUT2D eigenvalue weighted by Gasteiger charge is -2.04. The van der Waals surface area contributed by atoms with E-state index in [0.29, 0.717) is 16.2 Å². The van der Waals surface area contributed by atoms with Crippen LogP contribution in [0.5, 0.6) is 0 Å². The number of carbonyl (C=O) groups is 1. The molecule has 6 nitrogen and oxygen atoms in total. The molecule has 3 rings (SSSR count). The summed E-state index contributed by atoms with van der Waals surface area (Å²) in [6.45, 7) is 1.92. The van der Waals surface area contributed by atoms with Crippen LogP contribution in [0.2, 0.25) is 5.02 Å². The van der Waals surface area contributed by atoms with Gasteiger partial charge in [-0.1, -0.05) is 29.8 Å². The number of urea groups is 1. The minimum absolute atomic E-state index is 0.458. The first-order chi connectivity index (χ1) is 11.1. The number of rotatable bonds is 3. The molecule has 0 radical (unpaired) electrons. The highest BCUT2D eigenvalue weighted by atomic mass is 35.5. The Kier molecular flexibility index (Phi) is 4.50. The zero-order valence-electron chi connectivity index (χ0n) is 12.1. The summed E-state index contributed by atoms with van der Waals surface area (Å²) >= 11 is 7.13. The van der Waals surface area contributed by atoms with Crippen LogP contribution in [0.3, 0.4) is 0 Å². The Labute approximate surface area is 141 Å². The minimum Gasteiger partial charge on any atom is -0.304 e. The first-order valence-electron chi connectivity index (χ1n) is 6.71. The van der Waals surface area contributed by atoms with Gasteiger partial charge in [-0.2, -0.15) is 13.8 Å². The average molecular weight is 346 g/mol. The van der Waals surface area contributed by atoms with E-state index in [1.165, 1.54) is 6.21 Å². The Balaban J connectivity index is 1.64. The van der Waals surface area contributed by atoms with Crippen molar-refractivity contribution in [3.8, 4) is 0 Å². The maximum absolute atomic E-state index is 11.9. The lowest BCUT2D eigenvalue weighted by atomic mass is 10.2. The van der Waals surface area contributed by atoms with Gasteiger partial charge in [0.25, 0.3) is 0 Å². The van der Waals surface area contributed by atoms with Crippen molar-refractivity contribution in [3.05, 3.63) is 52.5 Å². The molecule has 3 aromatic rings. The van der Waals surface area contributed by atoms with Crippen LogP contribution in [0.1, 0.15) is 11.1 Å². The highest BCUT2D eigenvalue weighted by Crippen LogP contribution is 2.20. The van der Waals surface area contributed by atoms with Crippen LogP contribution in [0, 0.1) is 6.92 Å².